The summed E-state index contributed by atoms with van der Waals surface area (Å²) in [6.07, 6.45) is 2.09. The maximum Gasteiger partial charge on any atom is 0.248 e. The molecule has 138 valence electrons. The van der Waals surface area contributed by atoms with Crippen molar-refractivity contribution >= 4 is 17.5 Å². The summed E-state index contributed by atoms with van der Waals surface area (Å²) in [6.45, 7) is 7.77. The van der Waals surface area contributed by atoms with E-state index >= 15 is 0 Å². The first-order valence-corrected chi connectivity index (χ1v) is 9.63. The van der Waals surface area contributed by atoms with Crippen LogP contribution in [0.25, 0.3) is 0 Å². The van der Waals surface area contributed by atoms with Gasteiger partial charge in [0.05, 0.1) is 0 Å². The molecule has 2 aromatic carbocycles. The van der Waals surface area contributed by atoms with E-state index in [-0.39, 0.29) is 11.3 Å². The first-order valence-electron chi connectivity index (χ1n) is 9.25. The van der Waals surface area contributed by atoms with Gasteiger partial charge in [0.1, 0.15) is 0 Å². The van der Waals surface area contributed by atoms with Gasteiger partial charge in [-0.2, -0.15) is 0 Å². The van der Waals surface area contributed by atoms with Gasteiger partial charge in [0.25, 0.3) is 0 Å². The smallest absolute Gasteiger partial charge is 0.248 e. The Morgan fingerprint density at radius 3 is 2.73 bits per heavy atom. The minimum Gasteiger partial charge on any atom is -0.366 e. The predicted octanol–water partition coefficient (Wildman–Crippen LogP) is 4.28. The highest BCUT2D eigenvalue weighted by atomic mass is 35.5. The average Bonchev–Trinajstić information content (AvgIpc) is 2.63. The molecule has 2 aromatic rings. The van der Waals surface area contributed by atoms with Gasteiger partial charge in [-0.05, 0) is 66.1 Å². The number of rotatable bonds is 5. The fourth-order valence-electron chi connectivity index (χ4n) is 3.96. The molecule has 1 heterocycles. The Hall–Kier alpha value is -1.84. The molecule has 0 aromatic heterocycles. The number of nitrogens with zero attached hydrogens (tertiary/aromatic N) is 1. The fourth-order valence-corrected chi connectivity index (χ4v) is 4.17. The summed E-state index contributed by atoms with van der Waals surface area (Å²) < 4.78 is 0. The van der Waals surface area contributed by atoms with Crippen LogP contribution >= 0.6 is 11.6 Å². The molecule has 1 aliphatic heterocycles. The van der Waals surface area contributed by atoms with Crippen molar-refractivity contribution in [3.05, 3.63) is 70.2 Å². The van der Waals surface area contributed by atoms with Crippen LogP contribution < -0.4 is 5.73 Å². The Kier molecular flexibility index (Phi) is 5.69. The van der Waals surface area contributed by atoms with Crippen LogP contribution in [0.4, 0.5) is 0 Å². The molecule has 26 heavy (non-hydrogen) atoms. The van der Waals surface area contributed by atoms with Gasteiger partial charge in [0, 0.05) is 23.7 Å². The number of amides is 1. The summed E-state index contributed by atoms with van der Waals surface area (Å²) in [5, 5.41) is 0.802. The van der Waals surface area contributed by atoms with Crippen LogP contribution in [0.5, 0.6) is 0 Å². The SMILES string of the molecule is CC1CN(CCc2cccc(Cl)c2)CCC1(C)c1cccc(C(N)=O)c1. The van der Waals surface area contributed by atoms with Crippen LogP contribution in [-0.4, -0.2) is 30.4 Å². The standard InChI is InChI=1S/C22H27ClN2O/c1-16-15-25(11-9-17-5-3-8-20(23)13-17)12-10-22(16,2)19-7-4-6-18(14-19)21(24)26/h3-8,13-14,16H,9-12,15H2,1-2H3,(H2,24,26). The summed E-state index contributed by atoms with van der Waals surface area (Å²) in [7, 11) is 0. The highest BCUT2D eigenvalue weighted by Crippen LogP contribution is 2.39. The van der Waals surface area contributed by atoms with Gasteiger partial charge in [0.15, 0.2) is 0 Å². The molecule has 1 amide bonds. The molecule has 1 fully saturated rings. The molecule has 3 nitrogen and oxygen atoms in total. The molecule has 0 saturated carbocycles. The molecule has 3 rings (SSSR count). The van der Waals surface area contributed by atoms with Crippen molar-refractivity contribution in [3.63, 3.8) is 0 Å². The Balaban J connectivity index is 1.66. The Bertz CT molecular complexity index is 791. The van der Waals surface area contributed by atoms with Crippen LogP contribution in [0, 0.1) is 5.92 Å². The molecular weight excluding hydrogens is 344 g/mol. The molecule has 0 radical (unpaired) electrons. The number of halogens is 1. The molecule has 4 heteroatoms. The second-order valence-electron chi connectivity index (χ2n) is 7.69. The zero-order valence-corrected chi connectivity index (χ0v) is 16.3. The lowest BCUT2D eigenvalue weighted by Gasteiger charge is -2.45. The Morgan fingerprint density at radius 1 is 1.27 bits per heavy atom. The van der Waals surface area contributed by atoms with Crippen LogP contribution in [-0.2, 0) is 11.8 Å². The highest BCUT2D eigenvalue weighted by molar-refractivity contribution is 6.30. The maximum atomic E-state index is 11.5. The monoisotopic (exact) mass is 370 g/mol. The van der Waals surface area contributed by atoms with E-state index in [2.05, 4.69) is 30.9 Å². The van der Waals surface area contributed by atoms with E-state index in [0.717, 1.165) is 37.5 Å². The highest BCUT2D eigenvalue weighted by Gasteiger charge is 2.37. The van der Waals surface area contributed by atoms with E-state index in [1.165, 1.54) is 11.1 Å². The van der Waals surface area contributed by atoms with Crippen molar-refractivity contribution in [1.29, 1.82) is 0 Å². The largest absolute Gasteiger partial charge is 0.366 e. The number of likely N-dealkylation sites (tertiary alicyclic amines) is 1. The van der Waals surface area contributed by atoms with Crippen molar-refractivity contribution < 1.29 is 4.79 Å². The minimum absolute atomic E-state index is 0.0675. The first-order chi connectivity index (χ1) is 12.4. The van der Waals surface area contributed by atoms with E-state index in [0.29, 0.717) is 11.5 Å². The molecule has 2 atom stereocenters. The number of carbonyl (C=O) groups excluding carboxylic acids is 1. The Labute approximate surface area is 161 Å². The third-order valence-corrected chi connectivity index (χ3v) is 6.21. The number of carbonyl (C=O) groups is 1. The van der Waals surface area contributed by atoms with E-state index in [4.69, 9.17) is 17.3 Å². The lowest BCUT2D eigenvalue weighted by atomic mass is 9.68. The second-order valence-corrected chi connectivity index (χ2v) is 8.13. The number of hydrogen-bond acceptors (Lipinski definition) is 2. The molecule has 0 spiro atoms. The predicted molar refractivity (Wildman–Crippen MR) is 108 cm³/mol. The lowest BCUT2D eigenvalue weighted by Crippen LogP contribution is -2.47. The van der Waals surface area contributed by atoms with Crippen molar-refractivity contribution in [2.75, 3.05) is 19.6 Å². The summed E-state index contributed by atoms with van der Waals surface area (Å²) in [5.41, 5.74) is 8.63. The molecule has 1 saturated heterocycles. The van der Waals surface area contributed by atoms with Crippen LogP contribution in [0.3, 0.4) is 0 Å². The van der Waals surface area contributed by atoms with Gasteiger partial charge in [-0.25, -0.2) is 0 Å². The number of piperidine rings is 1. The van der Waals surface area contributed by atoms with Crippen molar-refractivity contribution in [3.8, 4) is 0 Å². The second kappa shape index (κ2) is 7.81. The summed E-state index contributed by atoms with van der Waals surface area (Å²) in [5.74, 6) is 0.140. The van der Waals surface area contributed by atoms with Gasteiger partial charge in [-0.1, -0.05) is 49.7 Å². The average molecular weight is 371 g/mol. The van der Waals surface area contributed by atoms with Gasteiger partial charge in [-0.15, -0.1) is 0 Å². The number of hydrogen-bond donors (Lipinski definition) is 1. The summed E-state index contributed by atoms with van der Waals surface area (Å²) in [4.78, 5) is 14.1. The summed E-state index contributed by atoms with van der Waals surface area (Å²) >= 11 is 6.08. The van der Waals surface area contributed by atoms with Crippen LogP contribution in [0.1, 0.15) is 41.8 Å². The zero-order chi connectivity index (χ0) is 18.7. The van der Waals surface area contributed by atoms with Gasteiger partial charge in [0.2, 0.25) is 5.91 Å². The molecule has 1 aliphatic rings. The van der Waals surface area contributed by atoms with E-state index in [1.807, 2.05) is 30.3 Å². The third kappa shape index (κ3) is 4.11. The fraction of sp³-hybridized carbons (Fsp3) is 0.409. The number of nitrogens with two attached hydrogens (primary N) is 1. The normalized spacial score (nSPS) is 23.7. The van der Waals surface area contributed by atoms with E-state index in [1.54, 1.807) is 6.07 Å². The summed E-state index contributed by atoms with van der Waals surface area (Å²) in [6, 6.07) is 16.0. The van der Waals surface area contributed by atoms with Gasteiger partial charge in [-0.3, -0.25) is 4.79 Å². The molecular formula is C22H27ClN2O. The van der Waals surface area contributed by atoms with Crippen LogP contribution in [0.15, 0.2) is 48.5 Å². The van der Waals surface area contributed by atoms with Crippen molar-refractivity contribution in [2.45, 2.75) is 32.1 Å². The minimum atomic E-state index is -0.359. The molecule has 2 unspecified atom stereocenters. The number of benzene rings is 2. The molecule has 2 N–H and O–H groups in total. The van der Waals surface area contributed by atoms with Gasteiger partial charge < -0.3 is 10.6 Å². The number of primary amides is 1. The third-order valence-electron chi connectivity index (χ3n) is 5.98. The van der Waals surface area contributed by atoms with E-state index in [9.17, 15) is 4.79 Å². The molecule has 0 aliphatic carbocycles. The molecule has 0 bridgehead atoms. The maximum absolute atomic E-state index is 11.5. The first kappa shape index (κ1) is 18.9. The lowest BCUT2D eigenvalue weighted by molar-refractivity contribution is 0.0998. The van der Waals surface area contributed by atoms with Crippen molar-refractivity contribution in [1.82, 2.24) is 4.90 Å². The topological polar surface area (TPSA) is 46.3 Å². The quantitative estimate of drug-likeness (QED) is 0.853. The zero-order valence-electron chi connectivity index (χ0n) is 15.5. The van der Waals surface area contributed by atoms with E-state index < -0.39 is 0 Å². The van der Waals surface area contributed by atoms with Crippen molar-refractivity contribution in [2.24, 2.45) is 11.7 Å². The Morgan fingerprint density at radius 2 is 2.04 bits per heavy atom. The van der Waals surface area contributed by atoms with Gasteiger partial charge >= 0.3 is 0 Å². The van der Waals surface area contributed by atoms with Crippen LogP contribution in [0.2, 0.25) is 5.02 Å².